The monoisotopic (exact) mass is 208 g/mol. The third-order valence-electron chi connectivity index (χ3n) is 2.72. The lowest BCUT2D eigenvalue weighted by Gasteiger charge is -2.27. The van der Waals surface area contributed by atoms with Crippen LogP contribution in [-0.2, 0) is 9.53 Å². The minimum absolute atomic E-state index is 0.224. The first kappa shape index (κ1) is 12.0. The van der Waals surface area contributed by atoms with Crippen molar-refractivity contribution in [1.29, 1.82) is 0 Å². The second-order valence-corrected chi connectivity index (χ2v) is 4.85. The fourth-order valence-electron chi connectivity index (χ4n) is 1.61. The lowest BCUT2D eigenvalue weighted by molar-refractivity contribution is -0.139. The zero-order valence-electron chi connectivity index (χ0n) is 9.88. The van der Waals surface area contributed by atoms with E-state index in [0.717, 1.165) is 12.8 Å². The molecule has 0 aromatic rings. The van der Waals surface area contributed by atoms with Crippen molar-refractivity contribution in [3.8, 4) is 0 Å². The van der Waals surface area contributed by atoms with Gasteiger partial charge in [-0.25, -0.2) is 0 Å². The molecule has 0 aromatic carbocycles. The van der Waals surface area contributed by atoms with E-state index in [1.807, 2.05) is 6.08 Å². The summed E-state index contributed by atoms with van der Waals surface area (Å²) in [6.07, 6.45) is 9.76. The summed E-state index contributed by atoms with van der Waals surface area (Å²) in [4.78, 5) is 10.5. The molecule has 15 heavy (non-hydrogen) atoms. The highest BCUT2D eigenvalue weighted by molar-refractivity contribution is 5.66. The normalized spacial score (nSPS) is 20.1. The molecule has 0 heterocycles. The van der Waals surface area contributed by atoms with Gasteiger partial charge in [-0.15, -0.1) is 0 Å². The molecule has 84 valence electrons. The predicted molar refractivity (Wildman–Crippen MR) is 61.5 cm³/mol. The summed E-state index contributed by atoms with van der Waals surface area (Å²) in [6, 6.07) is 0. The predicted octanol–water partition coefficient (Wildman–Crippen LogP) is 3.24. The van der Waals surface area contributed by atoms with Crippen LogP contribution in [0.3, 0.4) is 0 Å². The van der Waals surface area contributed by atoms with Crippen molar-refractivity contribution in [3.63, 3.8) is 0 Å². The summed E-state index contributed by atoms with van der Waals surface area (Å²) < 4.78 is 4.82. The van der Waals surface area contributed by atoms with E-state index in [-0.39, 0.29) is 5.97 Å². The maximum Gasteiger partial charge on any atom is 0.302 e. The van der Waals surface area contributed by atoms with Crippen molar-refractivity contribution >= 4 is 5.97 Å². The van der Waals surface area contributed by atoms with Gasteiger partial charge in [0.2, 0.25) is 0 Å². The molecule has 1 rings (SSSR count). The molecular weight excluding hydrogens is 188 g/mol. The van der Waals surface area contributed by atoms with Gasteiger partial charge in [0.05, 0.1) is 0 Å². The molecule has 0 aliphatic heterocycles. The Labute approximate surface area is 92.0 Å². The van der Waals surface area contributed by atoms with Crippen LogP contribution in [0.15, 0.2) is 23.8 Å². The van der Waals surface area contributed by atoms with E-state index in [2.05, 4.69) is 26.0 Å². The highest BCUT2D eigenvalue weighted by atomic mass is 16.5. The smallest absolute Gasteiger partial charge is 0.302 e. The van der Waals surface area contributed by atoms with Crippen molar-refractivity contribution in [2.24, 2.45) is 5.41 Å². The molecule has 0 saturated heterocycles. The van der Waals surface area contributed by atoms with Gasteiger partial charge in [-0.1, -0.05) is 31.6 Å². The number of ether oxygens (including phenoxy) is 1. The summed E-state index contributed by atoms with van der Waals surface area (Å²) in [5.41, 5.74) is 1.81. The standard InChI is InChI=1S/C13H20O2/c1-11(14)15-10-4-5-12-6-8-13(2,3)9-7-12/h4-6H,7-10H2,1-3H3. The van der Waals surface area contributed by atoms with E-state index < -0.39 is 0 Å². The first-order chi connectivity index (χ1) is 6.99. The summed E-state index contributed by atoms with van der Waals surface area (Å²) in [6.45, 7) is 6.40. The molecule has 0 unspecified atom stereocenters. The Hall–Kier alpha value is -1.05. The Kier molecular flexibility index (Phi) is 4.13. The minimum Gasteiger partial charge on any atom is -0.462 e. The molecule has 2 nitrogen and oxygen atoms in total. The Balaban J connectivity index is 2.34. The van der Waals surface area contributed by atoms with Gasteiger partial charge < -0.3 is 4.74 Å². The van der Waals surface area contributed by atoms with Gasteiger partial charge in [0.1, 0.15) is 6.61 Å². The van der Waals surface area contributed by atoms with Gasteiger partial charge in [0.15, 0.2) is 0 Å². The number of allylic oxidation sites excluding steroid dienone is 3. The van der Waals surface area contributed by atoms with Gasteiger partial charge in [0, 0.05) is 6.92 Å². The van der Waals surface area contributed by atoms with E-state index in [1.54, 1.807) is 0 Å². The van der Waals surface area contributed by atoms with Crippen LogP contribution in [0.2, 0.25) is 0 Å². The van der Waals surface area contributed by atoms with Crippen LogP contribution in [0.25, 0.3) is 0 Å². The lowest BCUT2D eigenvalue weighted by Crippen LogP contribution is -2.13. The molecule has 1 aliphatic rings. The summed E-state index contributed by atoms with van der Waals surface area (Å²) >= 11 is 0. The molecule has 2 heteroatoms. The van der Waals surface area contributed by atoms with Crippen molar-refractivity contribution < 1.29 is 9.53 Å². The molecule has 0 N–H and O–H groups in total. The van der Waals surface area contributed by atoms with E-state index in [9.17, 15) is 4.79 Å². The third kappa shape index (κ3) is 4.82. The maximum atomic E-state index is 10.5. The van der Waals surface area contributed by atoms with Crippen LogP contribution in [0.1, 0.15) is 40.0 Å². The number of rotatable bonds is 3. The fourth-order valence-corrected chi connectivity index (χ4v) is 1.61. The van der Waals surface area contributed by atoms with E-state index in [1.165, 1.54) is 18.9 Å². The zero-order chi connectivity index (χ0) is 11.3. The second kappa shape index (κ2) is 5.15. The van der Waals surface area contributed by atoms with E-state index in [0.29, 0.717) is 12.0 Å². The third-order valence-corrected chi connectivity index (χ3v) is 2.72. The molecule has 0 saturated carbocycles. The van der Waals surface area contributed by atoms with Gasteiger partial charge in [-0.05, 0) is 30.8 Å². The summed E-state index contributed by atoms with van der Waals surface area (Å²) in [5.74, 6) is -0.224. The Bertz CT molecular complexity index is 285. The molecule has 0 spiro atoms. The van der Waals surface area contributed by atoms with Crippen LogP contribution >= 0.6 is 0 Å². The van der Waals surface area contributed by atoms with E-state index in [4.69, 9.17) is 4.74 Å². The lowest BCUT2D eigenvalue weighted by atomic mass is 9.78. The Morgan fingerprint density at radius 1 is 1.60 bits per heavy atom. The highest BCUT2D eigenvalue weighted by Crippen LogP contribution is 2.34. The number of esters is 1. The molecule has 0 aromatic heterocycles. The molecule has 0 radical (unpaired) electrons. The molecule has 0 atom stereocenters. The van der Waals surface area contributed by atoms with Gasteiger partial charge >= 0.3 is 5.97 Å². The zero-order valence-corrected chi connectivity index (χ0v) is 9.88. The molecular formula is C13H20O2. The molecule has 0 amide bonds. The average Bonchev–Trinajstić information content (AvgIpc) is 2.14. The number of hydrogen-bond acceptors (Lipinski definition) is 2. The van der Waals surface area contributed by atoms with Crippen LogP contribution < -0.4 is 0 Å². The van der Waals surface area contributed by atoms with Crippen LogP contribution in [0.5, 0.6) is 0 Å². The number of hydrogen-bond donors (Lipinski definition) is 0. The first-order valence-electron chi connectivity index (χ1n) is 5.48. The Morgan fingerprint density at radius 2 is 2.33 bits per heavy atom. The van der Waals surface area contributed by atoms with Crippen LogP contribution in [0, 0.1) is 5.41 Å². The van der Waals surface area contributed by atoms with Gasteiger partial charge in [0.25, 0.3) is 0 Å². The van der Waals surface area contributed by atoms with Crippen molar-refractivity contribution in [2.45, 2.75) is 40.0 Å². The highest BCUT2D eigenvalue weighted by Gasteiger charge is 2.19. The fraction of sp³-hybridized carbons (Fsp3) is 0.615. The SMILES string of the molecule is CC(=O)OCC=CC1=CCC(C)(C)CC1. The molecule has 0 fully saturated rings. The second-order valence-electron chi connectivity index (χ2n) is 4.85. The molecule has 1 aliphatic carbocycles. The number of carbonyl (C=O) groups excluding carboxylic acids is 1. The number of carbonyl (C=O) groups is 1. The maximum absolute atomic E-state index is 10.5. The average molecular weight is 208 g/mol. The van der Waals surface area contributed by atoms with Crippen LogP contribution in [0.4, 0.5) is 0 Å². The minimum atomic E-state index is -0.224. The summed E-state index contributed by atoms with van der Waals surface area (Å²) in [5, 5.41) is 0. The van der Waals surface area contributed by atoms with E-state index >= 15 is 0 Å². The topological polar surface area (TPSA) is 26.3 Å². The quantitative estimate of drug-likeness (QED) is 0.665. The summed E-state index contributed by atoms with van der Waals surface area (Å²) in [7, 11) is 0. The van der Waals surface area contributed by atoms with Crippen molar-refractivity contribution in [1.82, 2.24) is 0 Å². The molecule has 0 bridgehead atoms. The largest absolute Gasteiger partial charge is 0.462 e. The Morgan fingerprint density at radius 3 is 2.87 bits per heavy atom. The van der Waals surface area contributed by atoms with Gasteiger partial charge in [-0.2, -0.15) is 0 Å². The van der Waals surface area contributed by atoms with Gasteiger partial charge in [-0.3, -0.25) is 4.79 Å². The first-order valence-corrected chi connectivity index (χ1v) is 5.48. The van der Waals surface area contributed by atoms with Crippen LogP contribution in [-0.4, -0.2) is 12.6 Å². The van der Waals surface area contributed by atoms with Crippen molar-refractivity contribution in [2.75, 3.05) is 6.61 Å². The van der Waals surface area contributed by atoms with Crippen molar-refractivity contribution in [3.05, 3.63) is 23.8 Å².